The Hall–Kier alpha value is -1.39. The molecule has 1 aromatic carbocycles. The minimum absolute atomic E-state index is 0.126. The molecule has 0 bridgehead atoms. The number of likely N-dealkylation sites (N-methyl/N-ethyl adjacent to an activating group) is 1. The Morgan fingerprint density at radius 2 is 1.84 bits per heavy atom. The summed E-state index contributed by atoms with van der Waals surface area (Å²) in [5, 5.41) is 2.94. The first-order chi connectivity index (χ1) is 8.93. The third kappa shape index (κ3) is 4.65. The monoisotopic (exact) mass is 263 g/mol. The summed E-state index contributed by atoms with van der Waals surface area (Å²) in [5.41, 5.74) is 6.79. The molecule has 0 fully saturated rings. The molecule has 2 atom stereocenters. The molecule has 1 amide bonds. The average molecular weight is 263 g/mol. The molecule has 0 radical (unpaired) electrons. The maximum absolute atomic E-state index is 12.0. The molecule has 1 aromatic rings. The zero-order chi connectivity index (χ0) is 14.4. The van der Waals surface area contributed by atoms with E-state index in [0.29, 0.717) is 18.5 Å². The summed E-state index contributed by atoms with van der Waals surface area (Å²) < 4.78 is 0. The minimum Gasteiger partial charge on any atom is -0.353 e. The van der Waals surface area contributed by atoms with Crippen LogP contribution in [0.1, 0.15) is 25.5 Å². The van der Waals surface area contributed by atoms with Gasteiger partial charge >= 0.3 is 0 Å². The highest BCUT2D eigenvalue weighted by molar-refractivity contribution is 5.82. The van der Waals surface area contributed by atoms with Crippen molar-refractivity contribution in [3.63, 3.8) is 0 Å². The first-order valence-corrected chi connectivity index (χ1v) is 6.68. The Labute approximate surface area is 116 Å². The van der Waals surface area contributed by atoms with E-state index in [4.69, 9.17) is 5.73 Å². The molecule has 19 heavy (non-hydrogen) atoms. The maximum Gasteiger partial charge on any atom is 0.241 e. The number of hydrogen-bond acceptors (Lipinski definition) is 3. The fourth-order valence-electron chi connectivity index (χ4n) is 2.14. The van der Waals surface area contributed by atoms with Crippen LogP contribution in [0.2, 0.25) is 0 Å². The molecule has 4 heteroatoms. The van der Waals surface area contributed by atoms with Crippen LogP contribution in [0.15, 0.2) is 30.3 Å². The number of carbonyl (C=O) groups excluding carboxylic acids is 1. The summed E-state index contributed by atoms with van der Waals surface area (Å²) in [6, 6.07) is 9.14. The standard InChI is InChI=1S/C15H25N3O/c1-11(2)13(18(3)4)10-17-15(19)14(16)12-8-6-5-7-9-12/h5-9,11,13-14H,10,16H2,1-4H3,(H,17,19)/t13?,14-/m1/s1. The van der Waals surface area contributed by atoms with Crippen LogP contribution in [0.25, 0.3) is 0 Å². The highest BCUT2D eigenvalue weighted by Gasteiger charge is 2.19. The molecule has 1 rings (SSSR count). The number of carbonyl (C=O) groups is 1. The van der Waals surface area contributed by atoms with E-state index in [1.807, 2.05) is 44.4 Å². The summed E-state index contributed by atoms with van der Waals surface area (Å²) in [6.45, 7) is 4.91. The van der Waals surface area contributed by atoms with Gasteiger partial charge in [0, 0.05) is 12.6 Å². The predicted octanol–water partition coefficient (Wildman–Crippen LogP) is 1.39. The summed E-state index contributed by atoms with van der Waals surface area (Å²) in [6.07, 6.45) is 0. The van der Waals surface area contributed by atoms with Gasteiger partial charge in [-0.3, -0.25) is 4.79 Å². The SMILES string of the molecule is CC(C)C(CNC(=O)[C@H](N)c1ccccc1)N(C)C. The van der Waals surface area contributed by atoms with Gasteiger partial charge in [0.05, 0.1) is 0 Å². The van der Waals surface area contributed by atoms with Crippen molar-refractivity contribution >= 4 is 5.91 Å². The minimum atomic E-state index is -0.601. The van der Waals surface area contributed by atoms with Crippen molar-refractivity contribution in [2.24, 2.45) is 11.7 Å². The molecular weight excluding hydrogens is 238 g/mol. The van der Waals surface area contributed by atoms with Gasteiger partial charge in [-0.1, -0.05) is 44.2 Å². The van der Waals surface area contributed by atoms with Crippen LogP contribution in [0.5, 0.6) is 0 Å². The van der Waals surface area contributed by atoms with Crippen LogP contribution in [-0.2, 0) is 4.79 Å². The second-order valence-corrected chi connectivity index (χ2v) is 5.41. The lowest BCUT2D eigenvalue weighted by molar-refractivity contribution is -0.122. The number of nitrogens with two attached hydrogens (primary N) is 1. The number of nitrogens with one attached hydrogen (secondary N) is 1. The van der Waals surface area contributed by atoms with E-state index in [1.165, 1.54) is 0 Å². The van der Waals surface area contributed by atoms with Crippen molar-refractivity contribution in [2.45, 2.75) is 25.9 Å². The van der Waals surface area contributed by atoms with Crippen LogP contribution in [0, 0.1) is 5.92 Å². The van der Waals surface area contributed by atoms with Crippen LogP contribution < -0.4 is 11.1 Å². The third-order valence-corrected chi connectivity index (χ3v) is 3.36. The van der Waals surface area contributed by atoms with Gasteiger partial charge < -0.3 is 16.0 Å². The fraction of sp³-hybridized carbons (Fsp3) is 0.533. The zero-order valence-electron chi connectivity index (χ0n) is 12.3. The van der Waals surface area contributed by atoms with Gasteiger partial charge in [0.15, 0.2) is 0 Å². The Kier molecular flexibility index (Phi) is 5.99. The smallest absolute Gasteiger partial charge is 0.241 e. The van der Waals surface area contributed by atoms with Gasteiger partial charge in [0.25, 0.3) is 0 Å². The van der Waals surface area contributed by atoms with Gasteiger partial charge in [-0.15, -0.1) is 0 Å². The molecule has 0 aromatic heterocycles. The van der Waals surface area contributed by atoms with E-state index in [2.05, 4.69) is 24.1 Å². The van der Waals surface area contributed by atoms with Crippen LogP contribution in [0.3, 0.4) is 0 Å². The molecule has 0 aliphatic heterocycles. The van der Waals surface area contributed by atoms with Crippen molar-refractivity contribution in [3.8, 4) is 0 Å². The molecule has 0 aliphatic rings. The first kappa shape index (κ1) is 15.7. The second kappa shape index (κ2) is 7.26. The third-order valence-electron chi connectivity index (χ3n) is 3.36. The predicted molar refractivity (Wildman–Crippen MR) is 78.7 cm³/mol. The van der Waals surface area contributed by atoms with Crippen molar-refractivity contribution < 1.29 is 4.79 Å². The Morgan fingerprint density at radius 3 is 2.32 bits per heavy atom. The van der Waals surface area contributed by atoms with Gasteiger partial charge in [0.2, 0.25) is 5.91 Å². The number of amides is 1. The number of hydrogen-bond donors (Lipinski definition) is 2. The van der Waals surface area contributed by atoms with Crippen molar-refractivity contribution in [3.05, 3.63) is 35.9 Å². The fourth-order valence-corrected chi connectivity index (χ4v) is 2.14. The first-order valence-electron chi connectivity index (χ1n) is 6.68. The summed E-state index contributed by atoms with van der Waals surface area (Å²) in [4.78, 5) is 14.2. The van der Waals surface area contributed by atoms with E-state index in [0.717, 1.165) is 5.56 Å². The van der Waals surface area contributed by atoms with E-state index in [9.17, 15) is 4.79 Å². The number of rotatable bonds is 6. The zero-order valence-corrected chi connectivity index (χ0v) is 12.3. The number of benzene rings is 1. The van der Waals surface area contributed by atoms with E-state index < -0.39 is 6.04 Å². The molecular formula is C15H25N3O. The topological polar surface area (TPSA) is 58.4 Å². The normalized spacial score (nSPS) is 14.5. The van der Waals surface area contributed by atoms with Crippen LogP contribution >= 0.6 is 0 Å². The summed E-state index contributed by atoms with van der Waals surface area (Å²) in [7, 11) is 4.04. The lowest BCUT2D eigenvalue weighted by Crippen LogP contribution is -2.45. The molecule has 0 heterocycles. The van der Waals surface area contributed by atoms with E-state index >= 15 is 0 Å². The highest BCUT2D eigenvalue weighted by atomic mass is 16.2. The van der Waals surface area contributed by atoms with Gasteiger partial charge in [0.1, 0.15) is 6.04 Å². The Morgan fingerprint density at radius 1 is 1.26 bits per heavy atom. The number of nitrogens with zero attached hydrogens (tertiary/aromatic N) is 1. The average Bonchev–Trinajstić information content (AvgIpc) is 2.38. The molecule has 0 aliphatic carbocycles. The largest absolute Gasteiger partial charge is 0.353 e. The van der Waals surface area contributed by atoms with Crippen molar-refractivity contribution in [2.75, 3.05) is 20.6 Å². The van der Waals surface area contributed by atoms with E-state index in [-0.39, 0.29) is 5.91 Å². The Bertz CT molecular complexity index is 382. The molecule has 3 N–H and O–H groups in total. The Balaban J connectivity index is 2.56. The van der Waals surface area contributed by atoms with Crippen LogP contribution in [-0.4, -0.2) is 37.5 Å². The molecule has 106 valence electrons. The highest BCUT2D eigenvalue weighted by Crippen LogP contribution is 2.10. The molecule has 1 unspecified atom stereocenters. The molecule has 0 spiro atoms. The maximum atomic E-state index is 12.0. The summed E-state index contributed by atoms with van der Waals surface area (Å²) >= 11 is 0. The van der Waals surface area contributed by atoms with Crippen LogP contribution in [0.4, 0.5) is 0 Å². The molecule has 0 saturated heterocycles. The van der Waals surface area contributed by atoms with Crippen molar-refractivity contribution in [1.29, 1.82) is 0 Å². The van der Waals surface area contributed by atoms with Crippen molar-refractivity contribution in [1.82, 2.24) is 10.2 Å². The second-order valence-electron chi connectivity index (χ2n) is 5.41. The van der Waals surface area contributed by atoms with E-state index in [1.54, 1.807) is 0 Å². The lowest BCUT2D eigenvalue weighted by Gasteiger charge is -2.28. The van der Waals surface area contributed by atoms with Gasteiger partial charge in [-0.05, 0) is 25.6 Å². The van der Waals surface area contributed by atoms with Gasteiger partial charge in [-0.2, -0.15) is 0 Å². The van der Waals surface area contributed by atoms with Gasteiger partial charge in [-0.25, -0.2) is 0 Å². The quantitative estimate of drug-likeness (QED) is 0.815. The molecule has 4 nitrogen and oxygen atoms in total. The molecule has 0 saturated carbocycles. The lowest BCUT2D eigenvalue weighted by atomic mass is 10.0. The summed E-state index contributed by atoms with van der Waals surface area (Å²) in [5.74, 6) is 0.349.